The number of pyridine rings is 1. The van der Waals surface area contributed by atoms with Gasteiger partial charge in [-0.3, -0.25) is 21.2 Å². The number of nitrogens with zero attached hydrogens (tertiary/aromatic N) is 2. The minimum absolute atomic E-state index is 0.113. The van der Waals surface area contributed by atoms with E-state index in [1.807, 2.05) is 18.5 Å². The van der Waals surface area contributed by atoms with E-state index in [2.05, 4.69) is 21.4 Å². The first kappa shape index (κ1) is 13.9. The molecule has 5 nitrogen and oxygen atoms in total. The number of hydrogen-bond donors (Lipinski definition) is 2. The van der Waals surface area contributed by atoms with Crippen molar-refractivity contribution in [3.8, 4) is 0 Å². The molecular formula is C15H24N4O. The Hall–Kier alpha value is -1.01. The molecule has 5 heteroatoms. The molecule has 3 N–H and O–H groups in total. The highest BCUT2D eigenvalue weighted by atomic mass is 16.5. The summed E-state index contributed by atoms with van der Waals surface area (Å²) in [6.45, 7) is 3.65. The van der Waals surface area contributed by atoms with Gasteiger partial charge in [-0.05, 0) is 24.5 Å². The van der Waals surface area contributed by atoms with Crippen molar-refractivity contribution >= 4 is 0 Å². The lowest BCUT2D eigenvalue weighted by molar-refractivity contribution is -0.0364. The SMILES string of the molecule is NNC(c1cccnc1)C1(N2CCOCC2)CCCC1. The number of rotatable bonds is 4. The van der Waals surface area contributed by atoms with Crippen molar-refractivity contribution < 1.29 is 4.74 Å². The Morgan fingerprint density at radius 2 is 2.05 bits per heavy atom. The summed E-state index contributed by atoms with van der Waals surface area (Å²) in [5.74, 6) is 5.94. The fourth-order valence-electron chi connectivity index (χ4n) is 3.89. The molecule has 1 saturated carbocycles. The number of hydrogen-bond acceptors (Lipinski definition) is 5. The van der Waals surface area contributed by atoms with Crippen molar-refractivity contribution in [3.05, 3.63) is 30.1 Å². The molecule has 0 aromatic carbocycles. The van der Waals surface area contributed by atoms with E-state index in [4.69, 9.17) is 10.6 Å². The van der Waals surface area contributed by atoms with Gasteiger partial charge in [-0.2, -0.15) is 0 Å². The van der Waals surface area contributed by atoms with E-state index in [1.54, 1.807) is 0 Å². The first-order chi connectivity index (χ1) is 9.87. The van der Waals surface area contributed by atoms with Crippen LogP contribution in [0.5, 0.6) is 0 Å². The Labute approximate surface area is 120 Å². The van der Waals surface area contributed by atoms with E-state index in [-0.39, 0.29) is 11.6 Å². The third-order valence-electron chi connectivity index (χ3n) is 4.83. The maximum atomic E-state index is 5.94. The van der Waals surface area contributed by atoms with Crippen LogP contribution in [0.3, 0.4) is 0 Å². The van der Waals surface area contributed by atoms with Gasteiger partial charge in [0.25, 0.3) is 0 Å². The average molecular weight is 276 g/mol. The molecule has 2 aliphatic rings. The zero-order valence-electron chi connectivity index (χ0n) is 11.9. The minimum Gasteiger partial charge on any atom is -0.379 e. The highest BCUT2D eigenvalue weighted by molar-refractivity contribution is 5.21. The molecule has 1 saturated heterocycles. The molecule has 1 unspecified atom stereocenters. The fraction of sp³-hybridized carbons (Fsp3) is 0.667. The smallest absolute Gasteiger partial charge is 0.0658 e. The van der Waals surface area contributed by atoms with Gasteiger partial charge in [-0.15, -0.1) is 0 Å². The summed E-state index contributed by atoms with van der Waals surface area (Å²) in [6, 6.07) is 4.25. The van der Waals surface area contributed by atoms with Crippen LogP contribution in [-0.4, -0.2) is 41.7 Å². The van der Waals surface area contributed by atoms with Gasteiger partial charge >= 0.3 is 0 Å². The molecule has 3 rings (SSSR count). The van der Waals surface area contributed by atoms with Crippen LogP contribution in [0.25, 0.3) is 0 Å². The molecular weight excluding hydrogens is 252 g/mol. The van der Waals surface area contributed by atoms with Gasteiger partial charge in [-0.25, -0.2) is 0 Å². The zero-order valence-corrected chi connectivity index (χ0v) is 11.9. The maximum absolute atomic E-state index is 5.94. The summed E-state index contributed by atoms with van der Waals surface area (Å²) in [5, 5.41) is 0. The zero-order chi connectivity index (χ0) is 13.8. The molecule has 0 radical (unpaired) electrons. The van der Waals surface area contributed by atoms with Crippen LogP contribution in [0.4, 0.5) is 0 Å². The van der Waals surface area contributed by atoms with Gasteiger partial charge in [0.2, 0.25) is 0 Å². The van der Waals surface area contributed by atoms with Gasteiger partial charge in [0.1, 0.15) is 0 Å². The van der Waals surface area contributed by atoms with Crippen molar-refractivity contribution in [1.82, 2.24) is 15.3 Å². The molecule has 1 atom stereocenters. The van der Waals surface area contributed by atoms with E-state index < -0.39 is 0 Å². The van der Waals surface area contributed by atoms with Crippen molar-refractivity contribution in [3.63, 3.8) is 0 Å². The van der Waals surface area contributed by atoms with Crippen LogP contribution in [0.1, 0.15) is 37.3 Å². The lowest BCUT2D eigenvalue weighted by atomic mass is 9.82. The van der Waals surface area contributed by atoms with Crippen LogP contribution >= 0.6 is 0 Å². The Balaban J connectivity index is 1.91. The summed E-state index contributed by atoms with van der Waals surface area (Å²) < 4.78 is 5.52. The van der Waals surface area contributed by atoms with Crippen LogP contribution < -0.4 is 11.3 Å². The van der Waals surface area contributed by atoms with Gasteiger partial charge in [0, 0.05) is 31.0 Å². The summed E-state index contributed by atoms with van der Waals surface area (Å²) in [6.07, 6.45) is 8.68. The van der Waals surface area contributed by atoms with Gasteiger partial charge in [-0.1, -0.05) is 18.9 Å². The Morgan fingerprint density at radius 3 is 2.65 bits per heavy atom. The molecule has 20 heavy (non-hydrogen) atoms. The van der Waals surface area contributed by atoms with Crippen molar-refractivity contribution in [2.24, 2.45) is 5.84 Å². The van der Waals surface area contributed by atoms with Crippen LogP contribution in [0, 0.1) is 0 Å². The first-order valence-corrected chi connectivity index (χ1v) is 7.56. The third-order valence-corrected chi connectivity index (χ3v) is 4.83. The van der Waals surface area contributed by atoms with E-state index in [1.165, 1.54) is 31.2 Å². The minimum atomic E-state index is 0.113. The number of hydrazine groups is 1. The number of aromatic nitrogens is 1. The second-order valence-corrected chi connectivity index (χ2v) is 5.80. The summed E-state index contributed by atoms with van der Waals surface area (Å²) in [7, 11) is 0. The van der Waals surface area contributed by atoms with E-state index in [0.717, 1.165) is 26.3 Å². The first-order valence-electron chi connectivity index (χ1n) is 7.56. The van der Waals surface area contributed by atoms with Gasteiger partial charge in [0.05, 0.1) is 19.3 Å². The number of morpholine rings is 1. The molecule has 0 bridgehead atoms. The highest BCUT2D eigenvalue weighted by Gasteiger charge is 2.46. The van der Waals surface area contributed by atoms with Gasteiger partial charge in [0.15, 0.2) is 0 Å². The molecule has 2 fully saturated rings. The standard InChI is InChI=1S/C15H24N4O/c16-18-14(13-4-3-7-17-12-13)15(5-1-2-6-15)19-8-10-20-11-9-19/h3-4,7,12,14,18H,1-2,5-6,8-11,16H2. The molecule has 1 aromatic rings. The summed E-state index contributed by atoms with van der Waals surface area (Å²) in [5.41, 5.74) is 4.37. The lowest BCUT2D eigenvalue weighted by Gasteiger charge is -2.48. The predicted octanol–water partition coefficient (Wildman–Crippen LogP) is 1.23. The predicted molar refractivity (Wildman–Crippen MR) is 77.9 cm³/mol. The molecule has 2 heterocycles. The molecule has 0 spiro atoms. The average Bonchev–Trinajstić information content (AvgIpc) is 3.01. The monoisotopic (exact) mass is 276 g/mol. The molecule has 0 amide bonds. The maximum Gasteiger partial charge on any atom is 0.0658 e. The van der Waals surface area contributed by atoms with Crippen molar-refractivity contribution in [2.75, 3.05) is 26.3 Å². The molecule has 1 aliphatic heterocycles. The summed E-state index contributed by atoms with van der Waals surface area (Å²) >= 11 is 0. The number of ether oxygens (including phenoxy) is 1. The Morgan fingerprint density at radius 1 is 1.30 bits per heavy atom. The number of nitrogens with two attached hydrogens (primary N) is 1. The van der Waals surface area contributed by atoms with Crippen molar-refractivity contribution in [1.29, 1.82) is 0 Å². The lowest BCUT2D eigenvalue weighted by Crippen LogP contribution is -2.59. The molecule has 110 valence electrons. The van der Waals surface area contributed by atoms with E-state index in [0.29, 0.717) is 0 Å². The third kappa shape index (κ3) is 2.46. The normalized spacial score (nSPS) is 24.6. The van der Waals surface area contributed by atoms with Crippen LogP contribution in [0.15, 0.2) is 24.5 Å². The second kappa shape index (κ2) is 6.18. The topological polar surface area (TPSA) is 63.4 Å². The highest BCUT2D eigenvalue weighted by Crippen LogP contribution is 2.44. The second-order valence-electron chi connectivity index (χ2n) is 5.80. The number of nitrogens with one attached hydrogen (secondary N) is 1. The van der Waals surface area contributed by atoms with Crippen molar-refractivity contribution in [2.45, 2.75) is 37.3 Å². The fourth-order valence-corrected chi connectivity index (χ4v) is 3.89. The van der Waals surface area contributed by atoms with E-state index >= 15 is 0 Å². The van der Waals surface area contributed by atoms with Gasteiger partial charge < -0.3 is 4.74 Å². The van der Waals surface area contributed by atoms with Crippen LogP contribution in [-0.2, 0) is 4.74 Å². The molecule has 1 aromatic heterocycles. The van der Waals surface area contributed by atoms with Crippen LogP contribution in [0.2, 0.25) is 0 Å². The Bertz CT molecular complexity index is 413. The quantitative estimate of drug-likeness (QED) is 0.640. The summed E-state index contributed by atoms with van der Waals surface area (Å²) in [4.78, 5) is 6.85. The molecule has 1 aliphatic carbocycles. The van der Waals surface area contributed by atoms with E-state index in [9.17, 15) is 0 Å². The Kier molecular flexibility index (Phi) is 4.31. The largest absolute Gasteiger partial charge is 0.379 e.